The summed E-state index contributed by atoms with van der Waals surface area (Å²) >= 11 is 1.58. The molecule has 0 aliphatic rings. The molecule has 20 heavy (non-hydrogen) atoms. The predicted octanol–water partition coefficient (Wildman–Crippen LogP) is 3.63. The molecule has 5 heteroatoms. The fourth-order valence-corrected chi connectivity index (χ4v) is 2.75. The number of amides is 1. The third-order valence-corrected chi connectivity index (χ3v) is 4.21. The van der Waals surface area contributed by atoms with Gasteiger partial charge >= 0.3 is 0 Å². The van der Waals surface area contributed by atoms with Gasteiger partial charge in [-0.05, 0) is 37.6 Å². The number of nitrogens with zero attached hydrogens (tertiary/aromatic N) is 1. The molecule has 1 N–H and O–H groups in total. The van der Waals surface area contributed by atoms with Gasteiger partial charge in [-0.2, -0.15) is 0 Å². The molecule has 2 rings (SSSR count). The number of pyridine rings is 1. The third-order valence-electron chi connectivity index (χ3n) is 2.81. The number of furan rings is 1. The quantitative estimate of drug-likeness (QED) is 0.882. The minimum atomic E-state index is -0.109. The van der Waals surface area contributed by atoms with E-state index in [0.717, 1.165) is 17.9 Å². The zero-order valence-electron chi connectivity index (χ0n) is 11.6. The number of aromatic nitrogens is 1. The Hall–Kier alpha value is -1.75. The van der Waals surface area contributed by atoms with Crippen molar-refractivity contribution in [3.05, 3.63) is 48.0 Å². The molecule has 4 nitrogen and oxygen atoms in total. The van der Waals surface area contributed by atoms with Crippen molar-refractivity contribution in [3.63, 3.8) is 0 Å². The molecule has 2 aromatic heterocycles. The minimum absolute atomic E-state index is 0.0119. The Morgan fingerprint density at radius 3 is 2.90 bits per heavy atom. The molecule has 106 valence electrons. The normalized spacial score (nSPS) is 12.1. The molecule has 1 amide bonds. The molecule has 0 spiro atoms. The molecule has 0 saturated heterocycles. The van der Waals surface area contributed by atoms with Crippen molar-refractivity contribution in [3.8, 4) is 0 Å². The minimum Gasteiger partial charge on any atom is -0.468 e. The number of anilines is 1. The summed E-state index contributed by atoms with van der Waals surface area (Å²) in [6.07, 6.45) is 2.41. The van der Waals surface area contributed by atoms with Crippen molar-refractivity contribution in [1.29, 1.82) is 0 Å². The lowest BCUT2D eigenvalue weighted by atomic mass is 10.3. The molecule has 1 atom stereocenters. The highest BCUT2D eigenvalue weighted by atomic mass is 32.2. The number of carbonyl (C=O) groups excluding carboxylic acids is 1. The predicted molar refractivity (Wildman–Crippen MR) is 81.7 cm³/mol. The van der Waals surface area contributed by atoms with Gasteiger partial charge in [-0.3, -0.25) is 4.79 Å². The Balaban J connectivity index is 1.91. The van der Waals surface area contributed by atoms with Crippen LogP contribution in [0, 0.1) is 6.92 Å². The molecule has 2 aromatic rings. The van der Waals surface area contributed by atoms with E-state index in [4.69, 9.17) is 4.42 Å². The van der Waals surface area contributed by atoms with Crippen molar-refractivity contribution in [2.45, 2.75) is 31.3 Å². The molecular weight excluding hydrogens is 272 g/mol. The number of nitrogens with one attached hydrogen (secondary N) is 1. The first kappa shape index (κ1) is 14.7. The maximum absolute atomic E-state index is 12.2. The standard InChI is InChI=1S/C15H18N2O2S/c1-3-13(20-10-12-7-5-9-19-12)15(18)17-14-8-4-6-11(2)16-14/h4-9,13H,3,10H2,1-2H3,(H,16,17,18). The lowest BCUT2D eigenvalue weighted by Crippen LogP contribution is -2.25. The van der Waals surface area contributed by atoms with Crippen LogP contribution in [-0.4, -0.2) is 16.1 Å². The molecule has 0 bridgehead atoms. The lowest BCUT2D eigenvalue weighted by Gasteiger charge is -2.13. The Morgan fingerprint density at radius 2 is 2.25 bits per heavy atom. The Kier molecular flexibility index (Phi) is 5.24. The molecule has 1 unspecified atom stereocenters. The van der Waals surface area contributed by atoms with Crippen LogP contribution in [-0.2, 0) is 10.5 Å². The molecule has 0 saturated carbocycles. The van der Waals surface area contributed by atoms with Crippen LogP contribution < -0.4 is 5.32 Å². The average Bonchev–Trinajstić information content (AvgIpc) is 2.92. The van der Waals surface area contributed by atoms with Crippen LogP contribution >= 0.6 is 11.8 Å². The van der Waals surface area contributed by atoms with Gasteiger partial charge in [0.2, 0.25) is 5.91 Å². The van der Waals surface area contributed by atoms with E-state index in [-0.39, 0.29) is 11.2 Å². The second kappa shape index (κ2) is 7.14. The number of hydrogen-bond donors (Lipinski definition) is 1. The SMILES string of the molecule is CCC(SCc1ccco1)C(=O)Nc1cccc(C)n1. The summed E-state index contributed by atoms with van der Waals surface area (Å²) in [5, 5.41) is 2.75. The highest BCUT2D eigenvalue weighted by Gasteiger charge is 2.18. The van der Waals surface area contributed by atoms with E-state index < -0.39 is 0 Å². The molecule has 0 fully saturated rings. The smallest absolute Gasteiger partial charge is 0.238 e. The third kappa shape index (κ3) is 4.13. The van der Waals surface area contributed by atoms with E-state index in [0.29, 0.717) is 11.6 Å². The topological polar surface area (TPSA) is 55.1 Å². The Labute approximate surface area is 123 Å². The Bertz CT molecular complexity index is 555. The zero-order valence-corrected chi connectivity index (χ0v) is 12.4. The summed E-state index contributed by atoms with van der Waals surface area (Å²) in [4.78, 5) is 16.5. The van der Waals surface area contributed by atoms with Gasteiger partial charge in [0.15, 0.2) is 0 Å². The maximum Gasteiger partial charge on any atom is 0.238 e. The molecule has 0 aliphatic heterocycles. The van der Waals surface area contributed by atoms with Crippen LogP contribution in [0.3, 0.4) is 0 Å². The van der Waals surface area contributed by atoms with Crippen molar-refractivity contribution >= 4 is 23.5 Å². The van der Waals surface area contributed by atoms with Gasteiger partial charge in [-0.25, -0.2) is 4.98 Å². The van der Waals surface area contributed by atoms with Gasteiger partial charge in [0.25, 0.3) is 0 Å². The van der Waals surface area contributed by atoms with Crippen LogP contribution in [0.2, 0.25) is 0 Å². The van der Waals surface area contributed by atoms with Gasteiger partial charge in [0.05, 0.1) is 17.3 Å². The van der Waals surface area contributed by atoms with Crippen LogP contribution in [0.15, 0.2) is 41.0 Å². The largest absolute Gasteiger partial charge is 0.468 e. The van der Waals surface area contributed by atoms with Crippen LogP contribution in [0.1, 0.15) is 24.8 Å². The van der Waals surface area contributed by atoms with E-state index in [2.05, 4.69) is 10.3 Å². The second-order valence-corrected chi connectivity index (χ2v) is 5.63. The molecule has 2 heterocycles. The van der Waals surface area contributed by atoms with Crippen LogP contribution in [0.25, 0.3) is 0 Å². The molecule has 0 radical (unpaired) electrons. The first-order chi connectivity index (χ1) is 9.69. The van der Waals surface area contributed by atoms with Gasteiger partial charge in [0.1, 0.15) is 11.6 Å². The number of hydrogen-bond acceptors (Lipinski definition) is 4. The molecule has 0 aromatic carbocycles. The van der Waals surface area contributed by atoms with Crippen LogP contribution in [0.4, 0.5) is 5.82 Å². The summed E-state index contributed by atoms with van der Waals surface area (Å²) in [7, 11) is 0. The fraction of sp³-hybridized carbons (Fsp3) is 0.333. The van der Waals surface area contributed by atoms with E-state index in [9.17, 15) is 4.79 Å². The van der Waals surface area contributed by atoms with E-state index in [1.165, 1.54) is 0 Å². The monoisotopic (exact) mass is 290 g/mol. The summed E-state index contributed by atoms with van der Waals surface area (Å²) in [5.74, 6) is 2.17. The van der Waals surface area contributed by atoms with Gasteiger partial charge in [-0.1, -0.05) is 13.0 Å². The highest BCUT2D eigenvalue weighted by Crippen LogP contribution is 2.21. The van der Waals surface area contributed by atoms with E-state index in [1.54, 1.807) is 24.1 Å². The number of aryl methyl sites for hydroxylation is 1. The summed E-state index contributed by atoms with van der Waals surface area (Å²) in [5.41, 5.74) is 0.888. The number of carbonyl (C=O) groups is 1. The summed E-state index contributed by atoms with van der Waals surface area (Å²) in [6, 6.07) is 9.36. The number of thioether (sulfide) groups is 1. The van der Waals surface area contributed by atoms with Crippen LogP contribution in [0.5, 0.6) is 0 Å². The van der Waals surface area contributed by atoms with Crippen molar-refractivity contribution in [2.24, 2.45) is 0 Å². The van der Waals surface area contributed by atoms with E-state index >= 15 is 0 Å². The zero-order chi connectivity index (χ0) is 14.4. The fourth-order valence-electron chi connectivity index (χ4n) is 1.78. The molecular formula is C15H18N2O2S. The first-order valence-corrected chi connectivity index (χ1v) is 7.62. The first-order valence-electron chi connectivity index (χ1n) is 6.57. The average molecular weight is 290 g/mol. The Morgan fingerprint density at radius 1 is 1.40 bits per heavy atom. The van der Waals surface area contributed by atoms with E-state index in [1.807, 2.05) is 38.1 Å². The van der Waals surface area contributed by atoms with Gasteiger partial charge < -0.3 is 9.73 Å². The summed E-state index contributed by atoms with van der Waals surface area (Å²) < 4.78 is 5.28. The maximum atomic E-state index is 12.2. The van der Waals surface area contributed by atoms with Gasteiger partial charge in [-0.15, -0.1) is 11.8 Å². The van der Waals surface area contributed by atoms with Gasteiger partial charge in [0, 0.05) is 5.69 Å². The summed E-state index contributed by atoms with van der Waals surface area (Å²) in [6.45, 7) is 3.90. The number of rotatable bonds is 6. The lowest BCUT2D eigenvalue weighted by molar-refractivity contribution is -0.115. The molecule has 0 aliphatic carbocycles. The van der Waals surface area contributed by atoms with Crippen molar-refractivity contribution < 1.29 is 9.21 Å². The highest BCUT2D eigenvalue weighted by molar-refractivity contribution is 7.99. The van der Waals surface area contributed by atoms with Crippen molar-refractivity contribution in [2.75, 3.05) is 5.32 Å². The second-order valence-electron chi connectivity index (χ2n) is 4.44. The van der Waals surface area contributed by atoms with Crippen molar-refractivity contribution in [1.82, 2.24) is 4.98 Å².